The number of allylic oxidation sites excluding steroid dienone is 2. The molecule has 2 aromatic carbocycles. The van der Waals surface area contributed by atoms with Crippen molar-refractivity contribution in [1.82, 2.24) is 0 Å². The van der Waals surface area contributed by atoms with Gasteiger partial charge in [0.25, 0.3) is 11.4 Å². The zero-order chi connectivity index (χ0) is 36.2. The number of carbonyl (C=O) groups is 2. The van der Waals surface area contributed by atoms with E-state index in [0.29, 0.717) is 12.0 Å². The Bertz CT molecular complexity index is 1300. The van der Waals surface area contributed by atoms with Crippen molar-refractivity contribution >= 4 is 23.3 Å². The molecule has 0 saturated carbocycles. The molecule has 0 amide bonds. The summed E-state index contributed by atoms with van der Waals surface area (Å²) in [6.07, 6.45) is 9.27. The summed E-state index contributed by atoms with van der Waals surface area (Å²) in [7, 11) is 0. The summed E-state index contributed by atoms with van der Waals surface area (Å²) in [5, 5.41) is 21.4. The van der Waals surface area contributed by atoms with Crippen LogP contribution in [0, 0.1) is 72.7 Å². The molecule has 0 aromatic heterocycles. The smallest absolute Gasteiger partial charge is 0 e. The Hall–Kier alpha value is -4.86. The van der Waals surface area contributed by atoms with Crippen LogP contribution in [0.2, 0.25) is 0 Å². The number of unbranched alkanes of at least 4 members (excludes halogenated alkanes) is 2. The van der Waals surface area contributed by atoms with Crippen molar-refractivity contribution in [2.75, 3.05) is 0 Å². The van der Waals surface area contributed by atoms with Crippen molar-refractivity contribution in [3.8, 4) is 0 Å². The van der Waals surface area contributed by atoms with Crippen LogP contribution >= 0.6 is 0 Å². The van der Waals surface area contributed by atoms with Gasteiger partial charge in [0.2, 0.25) is 11.9 Å². The first-order valence-corrected chi connectivity index (χ1v) is 11.2. The number of nitrogens with zero attached hydrogens (tertiary/aromatic N) is 2. The SMILES string of the molecule is CCCCCC(=[C-]OC(=O)c1ccc([N+](=O)[O-])cc1)C=[C-]OC(=O)c1ccc([N+](=O)[O-])cc1.[C-]#[O+].[C-]#[O+].[C-]#[O+].[C-]#[O+].[C-]#[O+].[C-]#[O+].[Fe+2].[Fe]. The van der Waals surface area contributed by atoms with Crippen LogP contribution in [0.25, 0.3) is 0 Å². The van der Waals surface area contributed by atoms with E-state index in [1.54, 1.807) is 0 Å². The maximum atomic E-state index is 12.2. The molecule has 0 N–H and O–H groups in total. The number of non-ortho nitro benzene ring substituents is 2. The average Bonchev–Trinajstić information content (AvgIpc) is 3.12. The Morgan fingerprint density at radius 1 is 0.702 bits per heavy atom. The van der Waals surface area contributed by atoms with E-state index in [4.69, 9.17) is 37.4 Å². The monoisotopic (exact) mass is 732 g/mol. The van der Waals surface area contributed by atoms with Crippen LogP contribution in [0.4, 0.5) is 11.4 Å². The summed E-state index contributed by atoms with van der Waals surface area (Å²) < 4.78 is 54.9. The summed E-state index contributed by atoms with van der Waals surface area (Å²) in [5.74, 6) is -1.52. The molecule has 2 rings (SSSR count). The van der Waals surface area contributed by atoms with Crippen molar-refractivity contribution in [1.29, 1.82) is 0 Å². The topological polar surface area (TPSA) is 258 Å². The van der Waals surface area contributed by atoms with E-state index in [9.17, 15) is 29.8 Å². The van der Waals surface area contributed by atoms with Crippen molar-refractivity contribution in [3.05, 3.63) is 144 Å². The normalized spacial score (nSPS) is 8.15. The van der Waals surface area contributed by atoms with Gasteiger partial charge in [-0.2, -0.15) is 0 Å². The molecule has 0 heterocycles. The number of rotatable bonds is 11. The fraction of sp³-hybridized carbons (Fsp3) is 0.172. The standard InChI is InChI=1S/C23H20N2O8.6CO.2Fe/c1-2-3-4-5-17(16-33-23(27)19-8-12-21(13-9-19)25(30)31)14-15-32-22(26)18-6-10-20(11-7-18)24(28)29;6*1-2;;/h6-14H,2-5H2,1H3;;;;;;;;/q-2;;;;;;;;+2. The van der Waals surface area contributed by atoms with Crippen LogP contribution in [0.3, 0.4) is 0 Å². The van der Waals surface area contributed by atoms with Crippen molar-refractivity contribution in [2.45, 2.75) is 32.6 Å². The third-order valence-corrected chi connectivity index (χ3v) is 4.34. The molecule has 0 aliphatic heterocycles. The molecule has 0 radical (unpaired) electrons. The number of hydrogen-bond donors (Lipinski definition) is 0. The predicted molar refractivity (Wildman–Crippen MR) is 139 cm³/mol. The van der Waals surface area contributed by atoms with Crippen LogP contribution in [0.15, 0.2) is 60.2 Å². The summed E-state index contributed by atoms with van der Waals surface area (Å²) in [6, 6.07) is 9.81. The van der Waals surface area contributed by atoms with Crippen molar-refractivity contribution in [2.24, 2.45) is 0 Å². The predicted octanol–water partition coefficient (Wildman–Crippen LogP) is 4.87. The van der Waals surface area contributed by atoms with Crippen molar-refractivity contribution in [3.63, 3.8) is 0 Å². The van der Waals surface area contributed by atoms with E-state index in [2.05, 4.69) is 52.4 Å². The minimum atomic E-state index is -0.767. The van der Waals surface area contributed by atoms with Gasteiger partial charge in [0.05, 0.1) is 9.85 Å². The molecule has 0 aliphatic rings. The van der Waals surface area contributed by atoms with Gasteiger partial charge >= 0.3 is 84.9 Å². The van der Waals surface area contributed by atoms with E-state index < -0.39 is 21.8 Å². The number of nitro benzene ring substituents is 2. The summed E-state index contributed by atoms with van der Waals surface area (Å²) in [4.78, 5) is 44.4. The molecular formula is C29H20Fe2N2O14. The second kappa shape index (κ2) is 43.3. The Kier molecular flexibility index (Phi) is 53.2. The van der Waals surface area contributed by atoms with Gasteiger partial charge in [0.15, 0.2) is 0 Å². The number of esters is 2. The van der Waals surface area contributed by atoms with Crippen LogP contribution in [-0.2, 0) is 71.5 Å². The number of nitro groups is 2. The Labute approximate surface area is 290 Å². The van der Waals surface area contributed by atoms with E-state index in [-0.39, 0.29) is 56.6 Å². The zero-order valence-electron chi connectivity index (χ0n) is 23.8. The number of ether oxygens (including phenoxy) is 2. The van der Waals surface area contributed by atoms with Gasteiger partial charge in [-0.25, -0.2) is 11.6 Å². The summed E-state index contributed by atoms with van der Waals surface area (Å²) >= 11 is 0. The zero-order valence-corrected chi connectivity index (χ0v) is 26.0. The van der Waals surface area contributed by atoms with Crippen molar-refractivity contribution < 1.29 is 91.0 Å². The molecule has 16 nitrogen and oxygen atoms in total. The van der Waals surface area contributed by atoms with Crippen LogP contribution in [0.5, 0.6) is 0 Å². The quantitative estimate of drug-likeness (QED) is 0.0353. The Morgan fingerprint density at radius 3 is 1.36 bits per heavy atom. The van der Waals surface area contributed by atoms with Crippen LogP contribution in [0.1, 0.15) is 53.3 Å². The molecule has 47 heavy (non-hydrogen) atoms. The van der Waals surface area contributed by atoms with Gasteiger partial charge in [-0.05, 0) is 0 Å². The third-order valence-electron chi connectivity index (χ3n) is 4.34. The average molecular weight is 732 g/mol. The van der Waals surface area contributed by atoms with Gasteiger partial charge in [-0.1, -0.05) is 69.4 Å². The molecule has 0 bridgehead atoms. The first kappa shape index (κ1) is 57.8. The fourth-order valence-corrected chi connectivity index (χ4v) is 2.54. The van der Waals surface area contributed by atoms with Gasteiger partial charge in [0.1, 0.15) is 0 Å². The van der Waals surface area contributed by atoms with Crippen LogP contribution < -0.4 is 0 Å². The second-order valence-electron chi connectivity index (χ2n) is 6.73. The molecule has 0 saturated heterocycles. The molecule has 0 atom stereocenters. The largest absolute Gasteiger partial charge is 2.00 e. The molecular weight excluding hydrogens is 712 g/mol. The molecule has 246 valence electrons. The molecule has 2 aromatic rings. The van der Waals surface area contributed by atoms with Gasteiger partial charge in [-0.15, -0.1) is 0 Å². The van der Waals surface area contributed by atoms with E-state index >= 15 is 0 Å². The van der Waals surface area contributed by atoms with E-state index in [1.165, 1.54) is 54.6 Å². The molecule has 18 heteroatoms. The first-order chi connectivity index (χ1) is 21.8. The number of carbonyl (C=O) groups excluding carboxylic acids is 2. The summed E-state index contributed by atoms with van der Waals surface area (Å²) in [6.45, 7) is 29.0. The van der Waals surface area contributed by atoms with Crippen LogP contribution in [-0.4, -0.2) is 21.8 Å². The number of benzene rings is 2. The van der Waals surface area contributed by atoms with Gasteiger partial charge < -0.3 is 19.1 Å². The van der Waals surface area contributed by atoms with E-state index in [1.807, 2.05) is 6.92 Å². The molecule has 0 unspecified atom stereocenters. The van der Waals surface area contributed by atoms with E-state index in [0.717, 1.165) is 19.3 Å². The second-order valence-corrected chi connectivity index (χ2v) is 6.73. The Balaban J connectivity index is -0.000000205. The molecule has 0 spiro atoms. The minimum Gasteiger partial charge on any atom is 0 e. The Morgan fingerprint density at radius 2 is 1.04 bits per heavy atom. The number of hydrogen-bond acceptors (Lipinski definition) is 8. The maximum Gasteiger partial charge on any atom is 2.00 e. The summed E-state index contributed by atoms with van der Waals surface area (Å²) in [5.41, 5.74) is 0.315. The molecule has 0 fully saturated rings. The fourth-order valence-electron chi connectivity index (χ4n) is 2.54. The van der Waals surface area contributed by atoms with Gasteiger partial charge in [0, 0.05) is 52.5 Å². The maximum absolute atomic E-state index is 12.2. The third kappa shape index (κ3) is 28.4. The molecule has 0 aliphatic carbocycles. The minimum absolute atomic E-state index is 0. The van der Waals surface area contributed by atoms with Gasteiger partial charge in [-0.3, -0.25) is 20.2 Å². The first-order valence-electron chi connectivity index (χ1n) is 11.2.